The van der Waals surface area contributed by atoms with Gasteiger partial charge in [0.15, 0.2) is 0 Å². The molecule has 2 aromatic rings. The second-order valence-electron chi connectivity index (χ2n) is 3.93. The Bertz CT molecular complexity index is 588. The quantitative estimate of drug-likeness (QED) is 0.862. The number of anilines is 1. The lowest BCUT2D eigenvalue weighted by Gasteiger charge is -2.11. The minimum Gasteiger partial charge on any atom is -0.497 e. The third-order valence-electron chi connectivity index (χ3n) is 2.62. The van der Waals surface area contributed by atoms with E-state index in [1.165, 1.54) is 0 Å². The molecule has 0 saturated carbocycles. The molecule has 0 radical (unpaired) electrons. The van der Waals surface area contributed by atoms with E-state index in [9.17, 15) is 0 Å². The predicted octanol–water partition coefficient (Wildman–Crippen LogP) is 4.16. The van der Waals surface area contributed by atoms with Gasteiger partial charge < -0.3 is 15.2 Å². The van der Waals surface area contributed by atoms with E-state index in [4.69, 9.17) is 38.4 Å². The van der Waals surface area contributed by atoms with Crippen LogP contribution in [0.25, 0.3) is 0 Å². The summed E-state index contributed by atoms with van der Waals surface area (Å²) in [6.07, 6.45) is 0. The fourth-order valence-corrected chi connectivity index (χ4v) is 2.04. The molecule has 0 saturated heterocycles. The van der Waals surface area contributed by atoms with Gasteiger partial charge in [-0.2, -0.15) is 0 Å². The first-order chi connectivity index (χ1) is 9.10. The first kappa shape index (κ1) is 13.8. The van der Waals surface area contributed by atoms with Crippen molar-refractivity contribution in [2.45, 2.75) is 6.61 Å². The van der Waals surface area contributed by atoms with Gasteiger partial charge in [-0.1, -0.05) is 29.3 Å². The van der Waals surface area contributed by atoms with E-state index in [2.05, 4.69) is 0 Å². The molecule has 2 rings (SSSR count). The Kier molecular flexibility index (Phi) is 4.40. The van der Waals surface area contributed by atoms with Gasteiger partial charge in [0.1, 0.15) is 18.1 Å². The Balaban J connectivity index is 2.10. The minimum atomic E-state index is 0.326. The third kappa shape index (κ3) is 3.46. The molecule has 2 N–H and O–H groups in total. The molecular weight excluding hydrogens is 285 g/mol. The number of halogens is 2. The van der Waals surface area contributed by atoms with Crippen LogP contribution in [-0.4, -0.2) is 7.11 Å². The van der Waals surface area contributed by atoms with Gasteiger partial charge in [0, 0.05) is 21.7 Å². The Morgan fingerprint density at radius 2 is 1.89 bits per heavy atom. The van der Waals surface area contributed by atoms with Crippen molar-refractivity contribution in [3.05, 3.63) is 52.0 Å². The summed E-state index contributed by atoms with van der Waals surface area (Å²) in [5, 5.41) is 1.16. The van der Waals surface area contributed by atoms with Crippen molar-refractivity contribution in [3.63, 3.8) is 0 Å². The smallest absolute Gasteiger partial charge is 0.142 e. The average Bonchev–Trinajstić information content (AvgIpc) is 2.39. The Morgan fingerprint density at radius 1 is 1.11 bits per heavy atom. The van der Waals surface area contributed by atoms with E-state index in [0.29, 0.717) is 33.8 Å². The van der Waals surface area contributed by atoms with Crippen LogP contribution in [0.4, 0.5) is 5.69 Å². The summed E-state index contributed by atoms with van der Waals surface area (Å²) < 4.78 is 10.7. The van der Waals surface area contributed by atoms with Crippen molar-refractivity contribution < 1.29 is 9.47 Å². The van der Waals surface area contributed by atoms with E-state index < -0.39 is 0 Å². The second-order valence-corrected chi connectivity index (χ2v) is 4.77. The summed E-state index contributed by atoms with van der Waals surface area (Å²) >= 11 is 11.9. The predicted molar refractivity (Wildman–Crippen MR) is 78.2 cm³/mol. The molecule has 5 heteroatoms. The third-order valence-corrected chi connectivity index (χ3v) is 3.20. The highest BCUT2D eigenvalue weighted by Gasteiger charge is 2.05. The summed E-state index contributed by atoms with van der Waals surface area (Å²) in [4.78, 5) is 0. The van der Waals surface area contributed by atoms with Crippen LogP contribution in [0.1, 0.15) is 5.56 Å². The maximum atomic E-state index is 6.07. The molecular formula is C14H13Cl2NO2. The highest BCUT2D eigenvalue weighted by atomic mass is 35.5. The monoisotopic (exact) mass is 297 g/mol. The number of hydrogen-bond donors (Lipinski definition) is 1. The first-order valence-corrected chi connectivity index (χ1v) is 6.36. The van der Waals surface area contributed by atoms with Crippen LogP contribution < -0.4 is 15.2 Å². The average molecular weight is 298 g/mol. The van der Waals surface area contributed by atoms with Crippen LogP contribution in [0.3, 0.4) is 0 Å². The highest BCUT2D eigenvalue weighted by molar-refractivity contribution is 6.35. The lowest BCUT2D eigenvalue weighted by molar-refractivity contribution is 0.307. The highest BCUT2D eigenvalue weighted by Crippen LogP contribution is 2.28. The summed E-state index contributed by atoms with van der Waals surface area (Å²) in [7, 11) is 1.59. The van der Waals surface area contributed by atoms with E-state index in [1.54, 1.807) is 37.4 Å². The fraction of sp³-hybridized carbons (Fsp3) is 0.143. The zero-order valence-electron chi connectivity index (χ0n) is 10.3. The van der Waals surface area contributed by atoms with Crippen molar-refractivity contribution in [1.29, 1.82) is 0 Å². The van der Waals surface area contributed by atoms with Crippen molar-refractivity contribution in [1.82, 2.24) is 0 Å². The van der Waals surface area contributed by atoms with E-state index >= 15 is 0 Å². The molecule has 2 aromatic carbocycles. The SMILES string of the molecule is COc1ccc(OCc2ccc(Cl)cc2Cl)c(N)c1. The molecule has 0 aliphatic carbocycles. The Labute approximate surface area is 121 Å². The molecule has 0 amide bonds. The van der Waals surface area contributed by atoms with Crippen LogP contribution >= 0.6 is 23.2 Å². The van der Waals surface area contributed by atoms with Crippen molar-refractivity contribution in [2.24, 2.45) is 0 Å². The number of methoxy groups -OCH3 is 1. The number of hydrogen-bond acceptors (Lipinski definition) is 3. The Morgan fingerprint density at radius 3 is 2.53 bits per heavy atom. The van der Waals surface area contributed by atoms with Crippen molar-refractivity contribution in [2.75, 3.05) is 12.8 Å². The minimum absolute atomic E-state index is 0.326. The van der Waals surface area contributed by atoms with Crippen LogP contribution in [0.15, 0.2) is 36.4 Å². The molecule has 100 valence electrons. The molecule has 3 nitrogen and oxygen atoms in total. The number of rotatable bonds is 4. The number of nitrogens with two attached hydrogens (primary N) is 1. The van der Waals surface area contributed by atoms with Crippen molar-refractivity contribution in [3.8, 4) is 11.5 Å². The molecule has 0 spiro atoms. The van der Waals surface area contributed by atoms with E-state index in [1.807, 2.05) is 6.07 Å². The Hall–Kier alpha value is -1.58. The summed E-state index contributed by atoms with van der Waals surface area (Å²) in [5.74, 6) is 1.28. The van der Waals surface area contributed by atoms with Gasteiger partial charge in [-0.05, 0) is 24.3 Å². The van der Waals surface area contributed by atoms with Gasteiger partial charge in [-0.15, -0.1) is 0 Å². The molecule has 19 heavy (non-hydrogen) atoms. The maximum absolute atomic E-state index is 6.07. The normalized spacial score (nSPS) is 10.3. The molecule has 0 bridgehead atoms. The van der Waals surface area contributed by atoms with Crippen molar-refractivity contribution >= 4 is 28.9 Å². The van der Waals surface area contributed by atoms with E-state index in [0.717, 1.165) is 5.56 Å². The maximum Gasteiger partial charge on any atom is 0.142 e. The van der Waals surface area contributed by atoms with Crippen LogP contribution in [0, 0.1) is 0 Å². The molecule has 0 aliphatic rings. The van der Waals surface area contributed by atoms with Crippen LogP contribution in [0.2, 0.25) is 10.0 Å². The molecule has 0 fully saturated rings. The van der Waals surface area contributed by atoms with Crippen LogP contribution in [0.5, 0.6) is 11.5 Å². The summed E-state index contributed by atoms with van der Waals surface area (Å²) in [6.45, 7) is 0.326. The van der Waals surface area contributed by atoms with Gasteiger partial charge in [0.2, 0.25) is 0 Å². The lowest BCUT2D eigenvalue weighted by Crippen LogP contribution is -1.99. The van der Waals surface area contributed by atoms with Gasteiger partial charge >= 0.3 is 0 Å². The molecule has 0 unspecified atom stereocenters. The molecule has 0 aromatic heterocycles. The number of benzene rings is 2. The first-order valence-electron chi connectivity index (χ1n) is 5.60. The summed E-state index contributed by atoms with van der Waals surface area (Å²) in [6, 6.07) is 10.5. The van der Waals surface area contributed by atoms with E-state index in [-0.39, 0.29) is 0 Å². The summed E-state index contributed by atoms with van der Waals surface area (Å²) in [5.41, 5.74) is 7.23. The number of ether oxygens (including phenoxy) is 2. The van der Waals surface area contributed by atoms with Gasteiger partial charge in [-0.25, -0.2) is 0 Å². The van der Waals surface area contributed by atoms with Crippen LogP contribution in [-0.2, 0) is 6.61 Å². The fourth-order valence-electron chi connectivity index (χ4n) is 1.58. The van der Waals surface area contributed by atoms with Gasteiger partial charge in [-0.3, -0.25) is 0 Å². The zero-order valence-corrected chi connectivity index (χ0v) is 11.8. The molecule has 0 atom stereocenters. The second kappa shape index (κ2) is 6.04. The standard InChI is InChI=1S/C14H13Cl2NO2/c1-18-11-4-5-14(13(17)7-11)19-8-9-2-3-10(15)6-12(9)16/h2-7H,8,17H2,1H3. The molecule has 0 heterocycles. The zero-order chi connectivity index (χ0) is 13.8. The van der Waals surface area contributed by atoms with Gasteiger partial charge in [0.05, 0.1) is 12.8 Å². The van der Waals surface area contributed by atoms with Gasteiger partial charge in [0.25, 0.3) is 0 Å². The lowest BCUT2D eigenvalue weighted by atomic mass is 10.2. The molecule has 0 aliphatic heterocycles. The number of nitrogen functional groups attached to an aromatic ring is 1. The topological polar surface area (TPSA) is 44.5 Å². The largest absolute Gasteiger partial charge is 0.497 e.